The van der Waals surface area contributed by atoms with Crippen molar-refractivity contribution in [2.24, 2.45) is 0 Å². The van der Waals surface area contributed by atoms with Crippen molar-refractivity contribution >= 4 is 124 Å². The number of anilines is 6. The molecule has 17 aromatic rings. The number of para-hydroxylation sites is 6. The Kier molecular flexibility index (Phi) is 14.3. The fourth-order valence-electron chi connectivity index (χ4n) is 21.4. The maximum atomic E-state index is 7.54. The molecule has 0 radical (unpaired) electrons. The molecule has 0 atom stereocenters. The Morgan fingerprint density at radius 3 is 1.25 bits per heavy atom. The molecule has 8 heteroatoms. The van der Waals surface area contributed by atoms with Crippen molar-refractivity contribution in [2.75, 3.05) is 9.80 Å². The topological polar surface area (TPSA) is 34.8 Å². The van der Waals surface area contributed by atoms with Crippen LogP contribution in [0.2, 0.25) is 0 Å². The lowest BCUT2D eigenvalue weighted by Crippen LogP contribution is -2.61. The van der Waals surface area contributed by atoms with E-state index in [-0.39, 0.29) is 35.1 Å². The molecule has 0 amide bonds. The molecule has 0 saturated carbocycles. The molecule has 0 saturated heterocycles. The molecule has 23 rings (SSSR count). The van der Waals surface area contributed by atoms with Gasteiger partial charge in [-0.1, -0.05) is 268 Å². The molecule has 0 unspecified atom stereocenters. The number of benzene rings is 15. The Labute approximate surface area is 667 Å². The average molecular weight is 1470 g/mol. The summed E-state index contributed by atoms with van der Waals surface area (Å²) in [6, 6.07) is 119. The van der Waals surface area contributed by atoms with E-state index >= 15 is 0 Å². The standard InChI is InChI=1S/C106H84B2N4O2/c1-103(2)54-56-105(5,6)99-74(33-24-35-80(99)103)66-44-47-70(48-45-66)109-91-63-71(110-87-39-19-13-29-76(87)77-30-14-20-40-88(77)110)49-51-82(91)107-83-52-50-72(111-89-41-21-15-31-78(89)79-32-16-22-42-90(79)111)64-92(83)112(86-38-18-12-28-73(86)65-26-10-9-11-27-65)94-60-68(59-93(109)101(94)107)69-61-97-102-98(62-69)114-96-53-46-67(58-85(96)108(102)84-37-17-23-43-95(84)113-97)75-34-25-36-81-100(75)106(7,8)57-55-104(81,3)4/h9-53,58-64H,54-57H2,1-8H3. The molecule has 0 bridgehead atoms. The largest absolute Gasteiger partial charge is 0.458 e. The Morgan fingerprint density at radius 1 is 0.254 bits per heavy atom. The summed E-state index contributed by atoms with van der Waals surface area (Å²) in [5.74, 6) is 3.30. The number of hydrogen-bond acceptors (Lipinski definition) is 4. The monoisotopic (exact) mass is 1470 g/mol. The van der Waals surface area contributed by atoms with Crippen LogP contribution in [-0.2, 0) is 21.7 Å². The second-order valence-corrected chi connectivity index (χ2v) is 35.5. The van der Waals surface area contributed by atoms with Crippen LogP contribution < -0.4 is 52.1 Å². The molecule has 2 aromatic heterocycles. The van der Waals surface area contributed by atoms with Gasteiger partial charge in [0.25, 0.3) is 13.4 Å². The van der Waals surface area contributed by atoms with Gasteiger partial charge in [-0.3, -0.25) is 0 Å². The molecule has 6 heterocycles. The average Bonchev–Trinajstić information content (AvgIpc) is 0.819. The van der Waals surface area contributed by atoms with E-state index in [1.54, 1.807) is 0 Å². The molecule has 0 spiro atoms. The number of nitrogens with zero attached hydrogens (tertiary/aromatic N) is 4. The highest BCUT2D eigenvalue weighted by Gasteiger charge is 2.48. The maximum absolute atomic E-state index is 7.54. The van der Waals surface area contributed by atoms with Crippen LogP contribution >= 0.6 is 0 Å². The third kappa shape index (κ3) is 9.82. The third-order valence-electron chi connectivity index (χ3n) is 27.1. The molecule has 2 aliphatic carbocycles. The van der Waals surface area contributed by atoms with Gasteiger partial charge in [-0.25, -0.2) is 0 Å². The van der Waals surface area contributed by atoms with E-state index in [0.29, 0.717) is 0 Å². The molecule has 0 N–H and O–H groups in total. The highest BCUT2D eigenvalue weighted by Crippen LogP contribution is 2.55. The molecular formula is C106H84B2N4O2. The van der Waals surface area contributed by atoms with Crippen molar-refractivity contribution in [3.05, 3.63) is 338 Å². The third-order valence-corrected chi connectivity index (χ3v) is 27.1. The zero-order valence-corrected chi connectivity index (χ0v) is 65.6. The van der Waals surface area contributed by atoms with Crippen LogP contribution in [-0.4, -0.2) is 22.6 Å². The van der Waals surface area contributed by atoms with Crippen LogP contribution in [0.25, 0.3) is 99.5 Å². The summed E-state index contributed by atoms with van der Waals surface area (Å²) in [6.07, 6.45) is 4.56. The zero-order valence-electron chi connectivity index (χ0n) is 65.6. The Hall–Kier alpha value is -12.8. The molecule has 4 aliphatic heterocycles. The quantitative estimate of drug-likeness (QED) is 0.142. The fraction of sp³-hybridized carbons (Fsp3) is 0.151. The van der Waals surface area contributed by atoms with E-state index in [2.05, 4.69) is 390 Å². The van der Waals surface area contributed by atoms with E-state index in [4.69, 9.17) is 9.47 Å². The zero-order chi connectivity index (χ0) is 76.4. The summed E-state index contributed by atoms with van der Waals surface area (Å²) in [7, 11) is 0. The minimum Gasteiger partial charge on any atom is -0.458 e. The SMILES string of the molecule is CC1(C)CCC(C)(C)c2c(-c3ccc(N4c5cc(-n6c7ccccc7c7ccccc76)ccc5B5c6ccc(-n7c8ccccc8c8ccccc87)cc6N(c6ccccc6-c6ccccc6)c6cc(-c7cc8c9c(c7)Oc7ccc(-c%10cccc%11c%10C(C)(C)CCC%11(C)C)cc7B9c7ccccc7O8)cc4c65)cc3)cccc21. The normalized spacial score (nSPS) is 15.9. The van der Waals surface area contributed by atoms with E-state index < -0.39 is 0 Å². The number of ether oxygens (including phenoxy) is 2. The second kappa shape index (κ2) is 24.4. The first-order valence-corrected chi connectivity index (χ1v) is 40.9. The van der Waals surface area contributed by atoms with Gasteiger partial charge in [0.2, 0.25) is 0 Å². The summed E-state index contributed by atoms with van der Waals surface area (Å²) in [5.41, 5.74) is 35.6. The molecule has 6 nitrogen and oxygen atoms in total. The fourth-order valence-corrected chi connectivity index (χ4v) is 21.4. The molecular weight excluding hydrogens is 1380 g/mol. The maximum Gasteiger partial charge on any atom is 0.260 e. The van der Waals surface area contributed by atoms with Crippen LogP contribution in [0.4, 0.5) is 34.1 Å². The van der Waals surface area contributed by atoms with Gasteiger partial charge in [-0.15, -0.1) is 0 Å². The first-order valence-electron chi connectivity index (χ1n) is 40.9. The van der Waals surface area contributed by atoms with Crippen LogP contribution in [0, 0.1) is 0 Å². The first-order chi connectivity index (χ1) is 55.5. The molecule has 6 aliphatic rings. The highest BCUT2D eigenvalue weighted by molar-refractivity contribution is 7.00. The predicted molar refractivity (Wildman–Crippen MR) is 479 cm³/mol. The van der Waals surface area contributed by atoms with Gasteiger partial charge in [0.15, 0.2) is 0 Å². The Bertz CT molecular complexity index is 6850. The molecule has 15 aromatic carbocycles. The second-order valence-electron chi connectivity index (χ2n) is 35.5. The van der Waals surface area contributed by atoms with Crippen LogP contribution in [0.3, 0.4) is 0 Å². The summed E-state index contributed by atoms with van der Waals surface area (Å²) in [5, 5.41) is 4.89. The van der Waals surface area contributed by atoms with Gasteiger partial charge in [0.05, 0.1) is 27.8 Å². The first kappa shape index (κ1) is 67.0. The summed E-state index contributed by atoms with van der Waals surface area (Å²) in [6.45, 7) is 19.1. The van der Waals surface area contributed by atoms with E-state index in [1.165, 1.54) is 82.4 Å². The van der Waals surface area contributed by atoms with Gasteiger partial charge >= 0.3 is 0 Å². The van der Waals surface area contributed by atoms with Crippen molar-refractivity contribution in [2.45, 2.75) is 103 Å². The van der Waals surface area contributed by atoms with Crippen molar-refractivity contribution in [3.63, 3.8) is 0 Å². The lowest BCUT2D eigenvalue weighted by atomic mass is 9.33. The number of fused-ring (bicyclic) bond motifs is 16. The van der Waals surface area contributed by atoms with Crippen molar-refractivity contribution in [1.29, 1.82) is 0 Å². The van der Waals surface area contributed by atoms with Gasteiger partial charge in [0.1, 0.15) is 23.0 Å². The minimum atomic E-state index is -0.237. The van der Waals surface area contributed by atoms with Crippen molar-refractivity contribution < 1.29 is 9.47 Å². The summed E-state index contributed by atoms with van der Waals surface area (Å²) >= 11 is 0. The Balaban J connectivity index is 0.798. The summed E-state index contributed by atoms with van der Waals surface area (Å²) < 4.78 is 19.9. The van der Waals surface area contributed by atoms with Crippen molar-refractivity contribution in [1.82, 2.24) is 9.13 Å². The van der Waals surface area contributed by atoms with Crippen LogP contribution in [0.15, 0.2) is 315 Å². The van der Waals surface area contributed by atoms with Gasteiger partial charge in [0, 0.05) is 72.4 Å². The van der Waals surface area contributed by atoms with Crippen LogP contribution in [0.5, 0.6) is 23.0 Å². The smallest absolute Gasteiger partial charge is 0.260 e. The molecule has 0 fully saturated rings. The van der Waals surface area contributed by atoms with E-state index in [1.807, 2.05) is 0 Å². The lowest BCUT2D eigenvalue weighted by molar-refractivity contribution is 0.333. The van der Waals surface area contributed by atoms with Crippen LogP contribution in [0.1, 0.15) is 103 Å². The number of aromatic nitrogens is 2. The minimum absolute atomic E-state index is 0.00491. The number of hydrogen-bond donors (Lipinski definition) is 0. The molecule has 546 valence electrons. The van der Waals surface area contributed by atoms with Gasteiger partial charge in [-0.05, 0) is 239 Å². The predicted octanol–water partition coefficient (Wildman–Crippen LogP) is 24.1. The Morgan fingerprint density at radius 2 is 0.675 bits per heavy atom. The van der Waals surface area contributed by atoms with Gasteiger partial charge < -0.3 is 28.4 Å². The lowest BCUT2D eigenvalue weighted by Gasteiger charge is -2.45. The molecule has 114 heavy (non-hydrogen) atoms. The van der Waals surface area contributed by atoms with Gasteiger partial charge in [-0.2, -0.15) is 0 Å². The van der Waals surface area contributed by atoms with E-state index in [9.17, 15) is 0 Å². The van der Waals surface area contributed by atoms with Crippen molar-refractivity contribution in [3.8, 4) is 78.9 Å². The highest BCUT2D eigenvalue weighted by atomic mass is 16.5. The number of rotatable bonds is 8. The van der Waals surface area contributed by atoms with E-state index in [0.717, 1.165) is 155 Å². The summed E-state index contributed by atoms with van der Waals surface area (Å²) in [4.78, 5) is 5.24.